The number of nitrogens with one attached hydrogen (secondary N) is 1. The van der Waals surface area contributed by atoms with Gasteiger partial charge in [-0.1, -0.05) is 35.9 Å². The molecule has 0 aliphatic carbocycles. The molecule has 34 heavy (non-hydrogen) atoms. The van der Waals surface area contributed by atoms with Crippen LogP contribution in [0.4, 0.5) is 10.2 Å². The molecule has 5 rings (SSSR count). The summed E-state index contributed by atoms with van der Waals surface area (Å²) in [6, 6.07) is 15.7. The number of carbonyl (C=O) groups is 1. The Kier molecular flexibility index (Phi) is 6.20. The molecule has 0 unspecified atom stereocenters. The highest BCUT2D eigenvalue weighted by Gasteiger charge is 2.28. The summed E-state index contributed by atoms with van der Waals surface area (Å²) in [6.45, 7) is 3.31. The van der Waals surface area contributed by atoms with Gasteiger partial charge >= 0.3 is 0 Å². The Morgan fingerprint density at radius 1 is 1.21 bits per heavy atom. The van der Waals surface area contributed by atoms with Crippen LogP contribution in [0.3, 0.4) is 0 Å². The molecule has 2 atom stereocenters. The number of aromatic nitrogens is 3. The average molecular weight is 478 g/mol. The summed E-state index contributed by atoms with van der Waals surface area (Å²) in [5.41, 5.74) is 3.52. The van der Waals surface area contributed by atoms with Gasteiger partial charge in [-0.3, -0.25) is 4.79 Å². The molecule has 1 N–H and O–H groups in total. The van der Waals surface area contributed by atoms with Crippen molar-refractivity contribution in [2.75, 3.05) is 18.0 Å². The molecule has 0 bridgehead atoms. The van der Waals surface area contributed by atoms with Crippen molar-refractivity contribution in [2.45, 2.75) is 25.8 Å². The number of halogens is 2. The maximum Gasteiger partial charge on any atom is 0.225 e. The number of rotatable bonds is 5. The van der Waals surface area contributed by atoms with Gasteiger partial charge in [0, 0.05) is 36.1 Å². The lowest BCUT2D eigenvalue weighted by Crippen LogP contribution is -2.44. The average Bonchev–Trinajstić information content (AvgIpc) is 3.29. The zero-order valence-corrected chi connectivity index (χ0v) is 19.5. The maximum atomic E-state index is 13.2. The molecule has 0 saturated carbocycles. The molecule has 1 aliphatic rings. The van der Waals surface area contributed by atoms with E-state index in [1.54, 1.807) is 18.3 Å². The van der Waals surface area contributed by atoms with Gasteiger partial charge in [0.1, 0.15) is 11.3 Å². The highest BCUT2D eigenvalue weighted by Crippen LogP contribution is 2.29. The Labute approximate surface area is 202 Å². The van der Waals surface area contributed by atoms with Gasteiger partial charge in [-0.15, -0.1) is 0 Å². The molecular formula is C26H25ClFN5O. The topological polar surface area (TPSA) is 62.5 Å². The molecule has 1 aliphatic heterocycles. The molecule has 174 valence electrons. The van der Waals surface area contributed by atoms with Gasteiger partial charge < -0.3 is 10.2 Å². The molecular weight excluding hydrogens is 453 g/mol. The molecule has 2 aromatic carbocycles. The summed E-state index contributed by atoms with van der Waals surface area (Å²) in [5, 5.41) is 8.44. The largest absolute Gasteiger partial charge is 0.354 e. The standard InChI is InChI=1S/C26H25ClFN5O/c1-17(18-7-9-22(28)10-8-18)30-26(34)20-5-3-12-32(16-20)25-24-15-23(31-33(24)13-11-29-25)19-4-2-6-21(27)14-19/h2,4,6-11,13-15,17,20H,3,5,12,16H2,1H3,(H,30,34)/t17-,20-/m0/s1. The van der Waals surface area contributed by atoms with E-state index in [1.165, 1.54) is 12.1 Å². The molecule has 2 aromatic heterocycles. The van der Waals surface area contributed by atoms with Crippen LogP contribution in [-0.2, 0) is 4.79 Å². The number of nitrogens with zero attached hydrogens (tertiary/aromatic N) is 4. The van der Waals surface area contributed by atoms with E-state index in [2.05, 4.69) is 15.2 Å². The third-order valence-corrected chi connectivity index (χ3v) is 6.55. The number of hydrogen-bond donors (Lipinski definition) is 1. The van der Waals surface area contributed by atoms with Gasteiger partial charge in [0.15, 0.2) is 5.82 Å². The monoisotopic (exact) mass is 477 g/mol. The van der Waals surface area contributed by atoms with Crippen LogP contribution in [0.5, 0.6) is 0 Å². The van der Waals surface area contributed by atoms with Crippen LogP contribution in [0.25, 0.3) is 16.8 Å². The van der Waals surface area contributed by atoms with Crippen LogP contribution in [0.1, 0.15) is 31.4 Å². The lowest BCUT2D eigenvalue weighted by molar-refractivity contribution is -0.125. The lowest BCUT2D eigenvalue weighted by Gasteiger charge is -2.33. The Balaban J connectivity index is 1.34. The van der Waals surface area contributed by atoms with Crippen LogP contribution in [-0.4, -0.2) is 33.6 Å². The summed E-state index contributed by atoms with van der Waals surface area (Å²) >= 11 is 6.16. The minimum Gasteiger partial charge on any atom is -0.354 e. The van der Waals surface area contributed by atoms with E-state index in [4.69, 9.17) is 16.7 Å². The van der Waals surface area contributed by atoms with Gasteiger partial charge in [0.05, 0.1) is 17.7 Å². The van der Waals surface area contributed by atoms with Crippen molar-refractivity contribution < 1.29 is 9.18 Å². The summed E-state index contributed by atoms with van der Waals surface area (Å²) in [5.74, 6) is 0.369. The second-order valence-corrected chi connectivity index (χ2v) is 9.12. The number of benzene rings is 2. The normalized spacial score (nSPS) is 17.0. The number of hydrogen-bond acceptors (Lipinski definition) is 4. The van der Waals surface area contributed by atoms with Gasteiger partial charge in [0.25, 0.3) is 0 Å². The first-order valence-corrected chi connectivity index (χ1v) is 11.8. The fraction of sp³-hybridized carbons (Fsp3) is 0.269. The van der Waals surface area contributed by atoms with Crippen LogP contribution < -0.4 is 10.2 Å². The zero-order valence-electron chi connectivity index (χ0n) is 18.8. The Hall–Kier alpha value is -3.45. The van der Waals surface area contributed by atoms with Crippen molar-refractivity contribution in [3.8, 4) is 11.3 Å². The van der Waals surface area contributed by atoms with Crippen LogP contribution in [0.2, 0.25) is 5.02 Å². The third kappa shape index (κ3) is 4.61. The fourth-order valence-electron chi connectivity index (χ4n) is 4.49. The molecule has 8 heteroatoms. The van der Waals surface area contributed by atoms with Gasteiger partial charge in [-0.2, -0.15) is 5.10 Å². The Bertz CT molecular complexity index is 1320. The molecule has 0 spiro atoms. The zero-order chi connectivity index (χ0) is 23.7. The van der Waals surface area contributed by atoms with E-state index < -0.39 is 0 Å². The highest BCUT2D eigenvalue weighted by molar-refractivity contribution is 6.30. The SMILES string of the molecule is C[C@H](NC(=O)[C@H]1CCCN(c2nccn3nc(-c4cccc(Cl)c4)cc23)C1)c1ccc(F)cc1. The van der Waals surface area contributed by atoms with Crippen molar-refractivity contribution >= 4 is 28.8 Å². The first kappa shape index (κ1) is 22.3. The molecule has 1 fully saturated rings. The number of fused-ring (bicyclic) bond motifs is 1. The van der Waals surface area contributed by atoms with E-state index >= 15 is 0 Å². The van der Waals surface area contributed by atoms with Crippen molar-refractivity contribution in [1.29, 1.82) is 0 Å². The van der Waals surface area contributed by atoms with Crippen molar-refractivity contribution in [3.63, 3.8) is 0 Å². The molecule has 0 radical (unpaired) electrons. The lowest BCUT2D eigenvalue weighted by atomic mass is 9.96. The van der Waals surface area contributed by atoms with Crippen LogP contribution in [0, 0.1) is 11.7 Å². The predicted molar refractivity (Wildman–Crippen MR) is 131 cm³/mol. The minimum absolute atomic E-state index is 0.00148. The molecule has 6 nitrogen and oxygen atoms in total. The summed E-state index contributed by atoms with van der Waals surface area (Å²) < 4.78 is 15.0. The molecule has 3 heterocycles. The molecule has 1 amide bonds. The van der Waals surface area contributed by atoms with Crippen LogP contribution >= 0.6 is 11.6 Å². The first-order valence-electron chi connectivity index (χ1n) is 11.4. The number of carbonyl (C=O) groups excluding carboxylic acids is 1. The predicted octanol–water partition coefficient (Wildman–Crippen LogP) is 5.28. The summed E-state index contributed by atoms with van der Waals surface area (Å²) in [7, 11) is 0. The van der Waals surface area contributed by atoms with Gasteiger partial charge in [-0.25, -0.2) is 13.9 Å². The third-order valence-electron chi connectivity index (χ3n) is 6.31. The number of amides is 1. The van der Waals surface area contributed by atoms with E-state index in [-0.39, 0.29) is 23.7 Å². The van der Waals surface area contributed by atoms with Crippen molar-refractivity contribution in [2.24, 2.45) is 5.92 Å². The molecule has 1 saturated heterocycles. The fourth-order valence-corrected chi connectivity index (χ4v) is 4.68. The Morgan fingerprint density at radius 3 is 2.82 bits per heavy atom. The van der Waals surface area contributed by atoms with E-state index in [9.17, 15) is 9.18 Å². The van der Waals surface area contributed by atoms with E-state index in [0.29, 0.717) is 11.6 Å². The van der Waals surface area contributed by atoms with E-state index in [1.807, 2.05) is 48.0 Å². The molecule has 4 aromatic rings. The minimum atomic E-state index is -0.287. The smallest absolute Gasteiger partial charge is 0.225 e. The van der Waals surface area contributed by atoms with Gasteiger partial charge in [-0.05, 0) is 55.7 Å². The Morgan fingerprint density at radius 2 is 2.03 bits per heavy atom. The summed E-state index contributed by atoms with van der Waals surface area (Å²) in [6.07, 6.45) is 5.26. The van der Waals surface area contributed by atoms with Gasteiger partial charge in [0.2, 0.25) is 5.91 Å². The number of piperidine rings is 1. The maximum absolute atomic E-state index is 13.2. The van der Waals surface area contributed by atoms with Crippen LogP contribution in [0.15, 0.2) is 67.0 Å². The number of anilines is 1. The first-order chi connectivity index (χ1) is 16.5. The summed E-state index contributed by atoms with van der Waals surface area (Å²) in [4.78, 5) is 19.8. The van der Waals surface area contributed by atoms with Crippen molar-refractivity contribution in [1.82, 2.24) is 19.9 Å². The highest BCUT2D eigenvalue weighted by atomic mass is 35.5. The quantitative estimate of drug-likeness (QED) is 0.424. The second kappa shape index (κ2) is 9.43. The van der Waals surface area contributed by atoms with Crippen molar-refractivity contribution in [3.05, 3.63) is 83.4 Å². The second-order valence-electron chi connectivity index (χ2n) is 8.69. The van der Waals surface area contributed by atoms with E-state index in [0.717, 1.165) is 47.5 Å².